The standard InChI is InChI=1S/C22H22N2O5S/c1-13-7-4-5-8-14(13)22-24-17(12-30-22)21(27)23-16(11-19(25)26)15-9-6-10-18(28-2)20(15)29-3/h4-10,12,16H,11H2,1-3H3,(H,23,27)(H,25,26)/t16-/m0/s1. The number of methoxy groups -OCH3 is 2. The lowest BCUT2D eigenvalue weighted by Gasteiger charge is -2.21. The van der Waals surface area contributed by atoms with Crippen LogP contribution < -0.4 is 14.8 Å². The van der Waals surface area contributed by atoms with Crippen molar-refractivity contribution in [3.8, 4) is 22.1 Å². The Hall–Kier alpha value is -3.39. The van der Waals surface area contributed by atoms with Crippen LogP contribution in [0, 0.1) is 6.92 Å². The number of aromatic nitrogens is 1. The maximum atomic E-state index is 12.9. The molecule has 0 unspecified atom stereocenters. The van der Waals surface area contributed by atoms with Crippen molar-refractivity contribution >= 4 is 23.2 Å². The minimum absolute atomic E-state index is 0.232. The van der Waals surface area contributed by atoms with Gasteiger partial charge in [0.1, 0.15) is 10.7 Å². The lowest BCUT2D eigenvalue weighted by Crippen LogP contribution is -2.30. The fourth-order valence-corrected chi connectivity index (χ4v) is 4.04. The largest absolute Gasteiger partial charge is 0.493 e. The van der Waals surface area contributed by atoms with Gasteiger partial charge in [0.2, 0.25) is 0 Å². The van der Waals surface area contributed by atoms with Crippen LogP contribution in [-0.2, 0) is 4.79 Å². The summed E-state index contributed by atoms with van der Waals surface area (Å²) >= 11 is 1.36. The molecule has 0 radical (unpaired) electrons. The second-order valence-corrected chi connectivity index (χ2v) is 7.42. The minimum Gasteiger partial charge on any atom is -0.493 e. The van der Waals surface area contributed by atoms with Gasteiger partial charge >= 0.3 is 5.97 Å². The number of carbonyl (C=O) groups excluding carboxylic acids is 1. The molecule has 0 spiro atoms. The zero-order valence-corrected chi connectivity index (χ0v) is 17.7. The van der Waals surface area contributed by atoms with Gasteiger partial charge in [-0.25, -0.2) is 4.98 Å². The number of benzene rings is 2. The summed E-state index contributed by atoms with van der Waals surface area (Å²) in [5.41, 5.74) is 2.76. The normalized spacial score (nSPS) is 11.6. The monoisotopic (exact) mass is 426 g/mol. The third-order valence-corrected chi connectivity index (χ3v) is 5.48. The van der Waals surface area contributed by atoms with Crippen LogP contribution in [0.3, 0.4) is 0 Å². The van der Waals surface area contributed by atoms with Crippen LogP contribution in [0.25, 0.3) is 10.6 Å². The molecule has 1 atom stereocenters. The molecule has 0 aliphatic carbocycles. The Morgan fingerprint density at radius 2 is 1.90 bits per heavy atom. The first kappa shape index (κ1) is 21.3. The molecular formula is C22H22N2O5S. The van der Waals surface area contributed by atoms with E-state index in [0.29, 0.717) is 17.1 Å². The number of aryl methyl sites for hydroxylation is 1. The number of carboxylic acids is 1. The van der Waals surface area contributed by atoms with Gasteiger partial charge in [0.15, 0.2) is 11.5 Å². The number of carboxylic acid groups (broad SMARTS) is 1. The van der Waals surface area contributed by atoms with Crippen LogP contribution in [-0.4, -0.2) is 36.2 Å². The topological polar surface area (TPSA) is 97.8 Å². The van der Waals surface area contributed by atoms with E-state index >= 15 is 0 Å². The number of aliphatic carboxylic acids is 1. The average Bonchev–Trinajstić information content (AvgIpc) is 3.22. The number of rotatable bonds is 8. The Morgan fingerprint density at radius 3 is 2.57 bits per heavy atom. The minimum atomic E-state index is -1.05. The quantitative estimate of drug-likeness (QED) is 0.563. The number of para-hydroxylation sites is 1. The highest BCUT2D eigenvalue weighted by molar-refractivity contribution is 7.13. The lowest BCUT2D eigenvalue weighted by molar-refractivity contribution is -0.137. The van der Waals surface area contributed by atoms with Crippen LogP contribution in [0.5, 0.6) is 11.5 Å². The van der Waals surface area contributed by atoms with Crippen molar-refractivity contribution in [2.75, 3.05) is 14.2 Å². The number of hydrogen-bond acceptors (Lipinski definition) is 6. The molecule has 0 saturated heterocycles. The third kappa shape index (κ3) is 4.60. The van der Waals surface area contributed by atoms with Gasteiger partial charge in [-0.05, 0) is 18.6 Å². The molecule has 2 aromatic carbocycles. The highest BCUT2D eigenvalue weighted by Crippen LogP contribution is 2.36. The SMILES string of the molecule is COc1cccc([C@H](CC(=O)O)NC(=O)c2csc(-c3ccccc3C)n2)c1OC. The molecule has 8 heteroatoms. The number of hydrogen-bond donors (Lipinski definition) is 2. The summed E-state index contributed by atoms with van der Waals surface area (Å²) in [7, 11) is 2.96. The zero-order valence-electron chi connectivity index (χ0n) is 16.8. The van der Waals surface area contributed by atoms with Crippen molar-refractivity contribution in [2.24, 2.45) is 0 Å². The van der Waals surface area contributed by atoms with Gasteiger partial charge in [0.05, 0.1) is 26.7 Å². The molecule has 7 nitrogen and oxygen atoms in total. The van der Waals surface area contributed by atoms with E-state index < -0.39 is 17.9 Å². The predicted molar refractivity (Wildman–Crippen MR) is 114 cm³/mol. The van der Waals surface area contributed by atoms with E-state index in [1.54, 1.807) is 23.6 Å². The van der Waals surface area contributed by atoms with Gasteiger partial charge in [-0.15, -0.1) is 11.3 Å². The van der Waals surface area contributed by atoms with E-state index in [-0.39, 0.29) is 12.1 Å². The molecule has 0 bridgehead atoms. The first-order valence-electron chi connectivity index (χ1n) is 9.19. The molecule has 0 fully saturated rings. The number of carbonyl (C=O) groups is 2. The molecule has 2 N–H and O–H groups in total. The predicted octanol–water partition coefficient (Wildman–Crippen LogP) is 4.08. The molecule has 0 aliphatic rings. The number of amides is 1. The third-order valence-electron chi connectivity index (χ3n) is 4.61. The Labute approximate surface area is 178 Å². The number of thiazole rings is 1. The molecule has 3 aromatic rings. The van der Waals surface area contributed by atoms with Gasteiger partial charge in [0, 0.05) is 16.5 Å². The lowest BCUT2D eigenvalue weighted by atomic mass is 10.0. The molecular weight excluding hydrogens is 404 g/mol. The van der Waals surface area contributed by atoms with E-state index in [1.807, 2.05) is 31.2 Å². The van der Waals surface area contributed by atoms with Crippen molar-refractivity contribution in [1.29, 1.82) is 0 Å². The highest BCUT2D eigenvalue weighted by atomic mass is 32.1. The highest BCUT2D eigenvalue weighted by Gasteiger charge is 2.25. The van der Waals surface area contributed by atoms with Gasteiger partial charge in [-0.3, -0.25) is 9.59 Å². The van der Waals surface area contributed by atoms with Gasteiger partial charge in [-0.1, -0.05) is 36.4 Å². The molecule has 1 aromatic heterocycles. The maximum Gasteiger partial charge on any atom is 0.305 e. The van der Waals surface area contributed by atoms with Crippen LogP contribution in [0.1, 0.15) is 34.1 Å². The second kappa shape index (κ2) is 9.41. The van der Waals surface area contributed by atoms with Crippen LogP contribution in [0.4, 0.5) is 0 Å². The molecule has 156 valence electrons. The average molecular weight is 426 g/mol. The molecule has 0 aliphatic heterocycles. The van der Waals surface area contributed by atoms with Gasteiger partial charge in [0.25, 0.3) is 5.91 Å². The summed E-state index contributed by atoms with van der Waals surface area (Å²) < 4.78 is 10.7. The summed E-state index contributed by atoms with van der Waals surface area (Å²) in [5, 5.41) is 14.5. The van der Waals surface area contributed by atoms with E-state index in [9.17, 15) is 14.7 Å². The van der Waals surface area contributed by atoms with E-state index in [1.165, 1.54) is 25.6 Å². The Bertz CT molecular complexity index is 1060. The smallest absolute Gasteiger partial charge is 0.305 e. The van der Waals surface area contributed by atoms with E-state index in [4.69, 9.17) is 9.47 Å². The summed E-state index contributed by atoms with van der Waals surface area (Å²) in [4.78, 5) is 28.8. The van der Waals surface area contributed by atoms with Crippen molar-refractivity contribution in [1.82, 2.24) is 10.3 Å². The van der Waals surface area contributed by atoms with Gasteiger partial charge in [-0.2, -0.15) is 0 Å². The zero-order chi connectivity index (χ0) is 21.7. The first-order valence-corrected chi connectivity index (χ1v) is 10.1. The molecule has 3 rings (SSSR count). The van der Waals surface area contributed by atoms with Crippen molar-refractivity contribution in [3.63, 3.8) is 0 Å². The molecule has 1 heterocycles. The van der Waals surface area contributed by atoms with Crippen LogP contribution in [0.15, 0.2) is 47.8 Å². The maximum absolute atomic E-state index is 12.9. The number of nitrogens with zero attached hydrogens (tertiary/aromatic N) is 1. The summed E-state index contributed by atoms with van der Waals surface area (Å²) in [6, 6.07) is 12.1. The Morgan fingerprint density at radius 1 is 1.13 bits per heavy atom. The van der Waals surface area contributed by atoms with Crippen molar-refractivity contribution < 1.29 is 24.2 Å². The molecule has 0 saturated carbocycles. The second-order valence-electron chi connectivity index (χ2n) is 6.56. The Kier molecular flexibility index (Phi) is 6.68. The Balaban J connectivity index is 1.89. The fourth-order valence-electron chi connectivity index (χ4n) is 3.15. The summed E-state index contributed by atoms with van der Waals surface area (Å²) in [6.45, 7) is 1.98. The van der Waals surface area contributed by atoms with Crippen LogP contribution >= 0.6 is 11.3 Å². The summed E-state index contributed by atoms with van der Waals surface area (Å²) in [6.07, 6.45) is -0.315. The first-order chi connectivity index (χ1) is 14.4. The fraction of sp³-hybridized carbons (Fsp3) is 0.227. The van der Waals surface area contributed by atoms with Crippen molar-refractivity contribution in [3.05, 3.63) is 64.7 Å². The molecule has 1 amide bonds. The summed E-state index contributed by atoms with van der Waals surface area (Å²) in [5.74, 6) is -0.674. The number of ether oxygens (including phenoxy) is 2. The van der Waals surface area contributed by atoms with E-state index in [0.717, 1.165) is 16.1 Å². The van der Waals surface area contributed by atoms with E-state index in [2.05, 4.69) is 10.3 Å². The van der Waals surface area contributed by atoms with Crippen LogP contribution in [0.2, 0.25) is 0 Å². The number of nitrogens with one attached hydrogen (secondary N) is 1. The molecule has 30 heavy (non-hydrogen) atoms. The van der Waals surface area contributed by atoms with Gasteiger partial charge < -0.3 is 19.9 Å². The van der Waals surface area contributed by atoms with Crippen molar-refractivity contribution in [2.45, 2.75) is 19.4 Å².